The van der Waals surface area contributed by atoms with Gasteiger partial charge in [-0.2, -0.15) is 0 Å². The van der Waals surface area contributed by atoms with Gasteiger partial charge >= 0.3 is 5.97 Å². The van der Waals surface area contributed by atoms with Crippen molar-refractivity contribution in [2.75, 3.05) is 0 Å². The summed E-state index contributed by atoms with van der Waals surface area (Å²) >= 11 is 5.71. The molecule has 2 aromatic rings. The predicted molar refractivity (Wildman–Crippen MR) is 78.3 cm³/mol. The smallest absolute Gasteiger partial charge is 0.326 e. The topological polar surface area (TPSA) is 79.3 Å². The lowest BCUT2D eigenvalue weighted by Crippen LogP contribution is -2.42. The quantitative estimate of drug-likeness (QED) is 0.830. The highest BCUT2D eigenvalue weighted by Crippen LogP contribution is 2.08. The zero-order valence-corrected chi connectivity index (χ0v) is 11.7. The van der Waals surface area contributed by atoms with Gasteiger partial charge in [0.25, 0.3) is 5.91 Å². The number of hydrogen-bond acceptors (Lipinski definition) is 3. The Morgan fingerprint density at radius 3 is 2.57 bits per heavy atom. The first-order valence-corrected chi connectivity index (χ1v) is 6.63. The van der Waals surface area contributed by atoms with Crippen LogP contribution in [0, 0.1) is 0 Å². The molecule has 0 radical (unpaired) electrons. The van der Waals surface area contributed by atoms with E-state index in [-0.39, 0.29) is 17.1 Å². The summed E-state index contributed by atoms with van der Waals surface area (Å²) in [6.45, 7) is 0. The molecule has 0 bridgehead atoms. The van der Waals surface area contributed by atoms with Gasteiger partial charge in [-0.05, 0) is 17.7 Å². The summed E-state index contributed by atoms with van der Waals surface area (Å²) in [4.78, 5) is 27.1. The number of carbonyl (C=O) groups is 2. The molecule has 0 aliphatic heterocycles. The molecular weight excluding hydrogens is 292 g/mol. The van der Waals surface area contributed by atoms with Crippen LogP contribution >= 0.6 is 11.6 Å². The summed E-state index contributed by atoms with van der Waals surface area (Å²) in [5, 5.41) is 11.9. The molecule has 0 unspecified atom stereocenters. The molecule has 1 aromatic heterocycles. The zero-order valence-electron chi connectivity index (χ0n) is 11.0. The van der Waals surface area contributed by atoms with Crippen LogP contribution < -0.4 is 5.32 Å². The summed E-state index contributed by atoms with van der Waals surface area (Å²) in [5.74, 6) is -1.59. The van der Waals surface area contributed by atoms with Crippen LogP contribution in [0.3, 0.4) is 0 Å². The van der Waals surface area contributed by atoms with E-state index < -0.39 is 17.9 Å². The van der Waals surface area contributed by atoms with E-state index in [1.807, 2.05) is 30.3 Å². The minimum absolute atomic E-state index is 0.178. The van der Waals surface area contributed by atoms with Crippen molar-refractivity contribution in [1.82, 2.24) is 10.3 Å². The number of carboxylic acid groups (broad SMARTS) is 1. The SMILES string of the molecule is O=C(N[C@H](Cc1ccccc1)C(=O)O)c1ccnc(Cl)c1. The molecule has 0 aliphatic rings. The van der Waals surface area contributed by atoms with Crippen LogP contribution in [-0.2, 0) is 11.2 Å². The highest BCUT2D eigenvalue weighted by Gasteiger charge is 2.21. The van der Waals surface area contributed by atoms with Crippen molar-refractivity contribution >= 4 is 23.5 Å². The minimum Gasteiger partial charge on any atom is -0.480 e. The number of carbonyl (C=O) groups excluding carboxylic acids is 1. The second-order valence-corrected chi connectivity index (χ2v) is 4.81. The van der Waals surface area contributed by atoms with Crippen molar-refractivity contribution in [3.63, 3.8) is 0 Å². The Balaban J connectivity index is 2.10. The monoisotopic (exact) mass is 304 g/mol. The third-order valence-electron chi connectivity index (χ3n) is 2.87. The van der Waals surface area contributed by atoms with E-state index in [2.05, 4.69) is 10.3 Å². The van der Waals surface area contributed by atoms with Crippen LogP contribution in [0.2, 0.25) is 5.15 Å². The fraction of sp³-hybridized carbons (Fsp3) is 0.133. The van der Waals surface area contributed by atoms with Crippen LogP contribution in [0.1, 0.15) is 15.9 Å². The maximum Gasteiger partial charge on any atom is 0.326 e. The molecule has 1 atom stereocenters. The minimum atomic E-state index is -1.09. The Hall–Kier alpha value is -2.40. The maximum atomic E-state index is 12.0. The van der Waals surface area contributed by atoms with E-state index in [4.69, 9.17) is 11.6 Å². The molecule has 0 aliphatic carbocycles. The van der Waals surface area contributed by atoms with Crippen LogP contribution in [0.5, 0.6) is 0 Å². The zero-order chi connectivity index (χ0) is 15.2. The molecule has 6 heteroatoms. The number of nitrogens with one attached hydrogen (secondary N) is 1. The number of halogens is 1. The average molecular weight is 305 g/mol. The van der Waals surface area contributed by atoms with Crippen molar-refractivity contribution < 1.29 is 14.7 Å². The van der Waals surface area contributed by atoms with Gasteiger partial charge in [0.15, 0.2) is 0 Å². The molecule has 1 aromatic carbocycles. The average Bonchev–Trinajstić information content (AvgIpc) is 2.47. The van der Waals surface area contributed by atoms with Crippen LogP contribution in [-0.4, -0.2) is 28.0 Å². The maximum absolute atomic E-state index is 12.0. The van der Waals surface area contributed by atoms with E-state index in [0.717, 1.165) is 5.56 Å². The van der Waals surface area contributed by atoms with Crippen molar-refractivity contribution in [3.05, 3.63) is 64.9 Å². The molecule has 2 rings (SSSR count). The number of hydrogen-bond donors (Lipinski definition) is 2. The van der Waals surface area contributed by atoms with Crippen molar-refractivity contribution in [2.24, 2.45) is 0 Å². The number of nitrogens with zero attached hydrogens (tertiary/aromatic N) is 1. The summed E-state index contributed by atoms with van der Waals surface area (Å²) in [5.41, 5.74) is 1.10. The molecule has 108 valence electrons. The fourth-order valence-electron chi connectivity index (χ4n) is 1.84. The molecule has 0 spiro atoms. The lowest BCUT2D eigenvalue weighted by Gasteiger charge is -2.14. The fourth-order valence-corrected chi connectivity index (χ4v) is 2.01. The number of aromatic nitrogens is 1. The van der Waals surface area contributed by atoms with E-state index >= 15 is 0 Å². The largest absolute Gasteiger partial charge is 0.480 e. The van der Waals surface area contributed by atoms with Crippen LogP contribution in [0.25, 0.3) is 0 Å². The Kier molecular flexibility index (Phi) is 4.90. The van der Waals surface area contributed by atoms with Gasteiger partial charge in [0.1, 0.15) is 11.2 Å². The van der Waals surface area contributed by atoms with Gasteiger partial charge in [-0.25, -0.2) is 9.78 Å². The molecule has 0 fully saturated rings. The van der Waals surface area contributed by atoms with Crippen LogP contribution in [0.15, 0.2) is 48.7 Å². The third kappa shape index (κ3) is 4.29. The lowest BCUT2D eigenvalue weighted by atomic mass is 10.1. The predicted octanol–water partition coefficient (Wildman–Crippen LogP) is 2.16. The third-order valence-corrected chi connectivity index (χ3v) is 3.08. The molecule has 21 heavy (non-hydrogen) atoms. The Morgan fingerprint density at radius 1 is 1.24 bits per heavy atom. The summed E-state index contributed by atoms with van der Waals surface area (Å²) in [6, 6.07) is 11.0. The van der Waals surface area contributed by atoms with Crippen LogP contribution in [0.4, 0.5) is 0 Å². The standard InChI is InChI=1S/C15H13ClN2O3/c16-13-9-11(6-7-17-13)14(19)18-12(15(20)21)8-10-4-2-1-3-5-10/h1-7,9,12H,8H2,(H,18,19)(H,20,21)/t12-/m1/s1. The second-order valence-electron chi connectivity index (χ2n) is 4.42. The highest BCUT2D eigenvalue weighted by atomic mass is 35.5. The lowest BCUT2D eigenvalue weighted by molar-refractivity contribution is -0.139. The molecule has 2 N–H and O–H groups in total. The summed E-state index contributed by atoms with van der Waals surface area (Å²) in [7, 11) is 0. The van der Waals surface area contributed by atoms with Gasteiger partial charge in [-0.1, -0.05) is 41.9 Å². The van der Waals surface area contributed by atoms with Gasteiger partial charge in [0.2, 0.25) is 0 Å². The molecule has 0 saturated carbocycles. The van der Waals surface area contributed by atoms with Gasteiger partial charge < -0.3 is 10.4 Å². The van der Waals surface area contributed by atoms with Crippen molar-refractivity contribution in [2.45, 2.75) is 12.5 Å². The number of amides is 1. The van der Waals surface area contributed by atoms with E-state index in [1.165, 1.54) is 18.3 Å². The number of carboxylic acids is 1. The molecule has 5 nitrogen and oxygen atoms in total. The first kappa shape index (κ1) is 15.0. The molecule has 1 amide bonds. The highest BCUT2D eigenvalue weighted by molar-refractivity contribution is 6.29. The van der Waals surface area contributed by atoms with E-state index in [0.29, 0.717) is 0 Å². The number of benzene rings is 1. The Morgan fingerprint density at radius 2 is 1.95 bits per heavy atom. The Labute approximate surface area is 126 Å². The normalized spacial score (nSPS) is 11.7. The summed E-state index contributed by atoms with van der Waals surface area (Å²) in [6.07, 6.45) is 1.60. The number of aliphatic carboxylic acids is 1. The van der Waals surface area contributed by atoms with Crippen molar-refractivity contribution in [3.8, 4) is 0 Å². The first-order valence-electron chi connectivity index (χ1n) is 6.25. The first-order chi connectivity index (χ1) is 10.1. The van der Waals surface area contributed by atoms with Gasteiger partial charge in [0.05, 0.1) is 0 Å². The molecule has 1 heterocycles. The molecule has 0 saturated heterocycles. The summed E-state index contributed by atoms with van der Waals surface area (Å²) < 4.78 is 0. The number of rotatable bonds is 5. The molecular formula is C15H13ClN2O3. The van der Waals surface area contributed by atoms with Gasteiger partial charge in [-0.3, -0.25) is 4.79 Å². The number of pyridine rings is 1. The second kappa shape index (κ2) is 6.85. The van der Waals surface area contributed by atoms with E-state index in [9.17, 15) is 14.7 Å². The van der Waals surface area contributed by atoms with E-state index in [1.54, 1.807) is 0 Å². The van der Waals surface area contributed by atoms with Crippen molar-refractivity contribution in [1.29, 1.82) is 0 Å². The van der Waals surface area contributed by atoms with Gasteiger partial charge in [0, 0.05) is 18.2 Å². The Bertz CT molecular complexity index is 646. The van der Waals surface area contributed by atoms with Gasteiger partial charge in [-0.15, -0.1) is 0 Å².